The normalized spacial score (nSPS) is 20.4. The van der Waals surface area contributed by atoms with E-state index in [0.29, 0.717) is 18.4 Å². The summed E-state index contributed by atoms with van der Waals surface area (Å²) in [6.45, 7) is 0.173. The summed E-state index contributed by atoms with van der Waals surface area (Å²) in [6.07, 6.45) is -7.06. The zero-order chi connectivity index (χ0) is 24.3. The van der Waals surface area contributed by atoms with E-state index in [-0.39, 0.29) is 18.7 Å². The van der Waals surface area contributed by atoms with Crippen molar-refractivity contribution in [1.82, 2.24) is 20.1 Å². The number of hydrogen-bond acceptors (Lipinski definition) is 6. The number of aliphatic hydroxyl groups is 1. The second-order valence-electron chi connectivity index (χ2n) is 7.77. The van der Waals surface area contributed by atoms with E-state index in [9.17, 15) is 27.5 Å². The molecule has 12 heteroatoms. The van der Waals surface area contributed by atoms with Crippen LogP contribution in [0.5, 0.6) is 0 Å². The van der Waals surface area contributed by atoms with E-state index in [1.807, 2.05) is 23.1 Å². The fourth-order valence-corrected chi connectivity index (χ4v) is 3.92. The fourth-order valence-electron chi connectivity index (χ4n) is 3.92. The first-order chi connectivity index (χ1) is 16.2. The molecule has 182 valence electrons. The Morgan fingerprint density at radius 1 is 1.24 bits per heavy atom. The third kappa shape index (κ3) is 5.53. The van der Waals surface area contributed by atoms with Gasteiger partial charge in [0.05, 0.1) is 31.4 Å². The molecule has 1 saturated heterocycles. The Labute approximate surface area is 191 Å². The van der Waals surface area contributed by atoms with E-state index in [4.69, 9.17) is 9.47 Å². The van der Waals surface area contributed by atoms with Crippen LogP contribution in [0.25, 0.3) is 0 Å². The minimum absolute atomic E-state index is 0.168. The molecule has 0 bridgehead atoms. The maximum Gasteiger partial charge on any atom is 0.416 e. The first kappa shape index (κ1) is 24.1. The van der Waals surface area contributed by atoms with E-state index in [0.717, 1.165) is 17.7 Å². The molecule has 1 aliphatic heterocycles. The van der Waals surface area contributed by atoms with E-state index >= 15 is 0 Å². The molecule has 8 nitrogen and oxygen atoms in total. The number of nitrogens with zero attached hydrogens (tertiary/aromatic N) is 2. The molecular formula is C22H22F4N4O4. The Bertz CT molecular complexity index is 1150. The van der Waals surface area contributed by atoms with Gasteiger partial charge in [-0.05, 0) is 29.3 Å². The highest BCUT2D eigenvalue weighted by atomic mass is 19.4. The number of aliphatic hydroxyl groups excluding tert-OH is 1. The van der Waals surface area contributed by atoms with Gasteiger partial charge in [-0.3, -0.25) is 9.88 Å². The molecular weight excluding hydrogens is 460 g/mol. The van der Waals surface area contributed by atoms with E-state index in [2.05, 4.69) is 15.2 Å². The topological polar surface area (TPSA) is 103 Å². The summed E-state index contributed by atoms with van der Waals surface area (Å²) < 4.78 is 65.3. The predicted octanol–water partition coefficient (Wildman–Crippen LogP) is 2.91. The first-order valence-electron chi connectivity index (χ1n) is 10.4. The van der Waals surface area contributed by atoms with Gasteiger partial charge in [0.1, 0.15) is 17.7 Å². The SMILES string of the molecule is O=c1[nH]nc(CN2CCO[C@H](O[C@H](CO)c3cc(F)cc(C(F)(F)F)c3)[C@@H]2c2ccccc2)[nH]1. The van der Waals surface area contributed by atoms with Crippen molar-refractivity contribution in [2.24, 2.45) is 0 Å². The largest absolute Gasteiger partial charge is 0.416 e. The molecule has 0 aliphatic carbocycles. The number of hydrogen-bond donors (Lipinski definition) is 3. The van der Waals surface area contributed by atoms with Crippen molar-refractivity contribution in [1.29, 1.82) is 0 Å². The van der Waals surface area contributed by atoms with Gasteiger partial charge in [0.25, 0.3) is 0 Å². The zero-order valence-electron chi connectivity index (χ0n) is 17.8. The smallest absolute Gasteiger partial charge is 0.393 e. The number of aromatic amines is 2. The molecule has 3 aromatic rings. The summed E-state index contributed by atoms with van der Waals surface area (Å²) in [4.78, 5) is 15.9. The van der Waals surface area contributed by atoms with Crippen molar-refractivity contribution in [2.75, 3.05) is 19.8 Å². The monoisotopic (exact) mass is 482 g/mol. The van der Waals surface area contributed by atoms with Crippen LogP contribution in [0, 0.1) is 5.82 Å². The third-order valence-corrected chi connectivity index (χ3v) is 5.44. The molecule has 2 aromatic carbocycles. The molecule has 0 spiro atoms. The number of benzene rings is 2. The Morgan fingerprint density at radius 3 is 2.65 bits per heavy atom. The van der Waals surface area contributed by atoms with Crippen LogP contribution < -0.4 is 5.69 Å². The van der Waals surface area contributed by atoms with Gasteiger partial charge < -0.3 is 14.6 Å². The van der Waals surface area contributed by atoms with Crippen LogP contribution >= 0.6 is 0 Å². The Balaban J connectivity index is 1.64. The summed E-state index contributed by atoms with van der Waals surface area (Å²) in [5, 5.41) is 16.1. The van der Waals surface area contributed by atoms with Gasteiger partial charge in [-0.15, -0.1) is 0 Å². The number of rotatable bonds is 7. The Hall–Kier alpha value is -3.06. The summed E-state index contributed by atoms with van der Waals surface area (Å²) in [5.74, 6) is -0.717. The molecule has 1 aliphatic rings. The van der Waals surface area contributed by atoms with Crippen molar-refractivity contribution >= 4 is 0 Å². The minimum Gasteiger partial charge on any atom is -0.393 e. The lowest BCUT2D eigenvalue weighted by Crippen LogP contribution is -2.46. The fraction of sp³-hybridized carbons (Fsp3) is 0.364. The number of H-pyrrole nitrogens is 2. The molecule has 3 N–H and O–H groups in total. The van der Waals surface area contributed by atoms with Crippen LogP contribution in [0.15, 0.2) is 53.3 Å². The van der Waals surface area contributed by atoms with Crippen molar-refractivity contribution in [2.45, 2.75) is 31.2 Å². The lowest BCUT2D eigenvalue weighted by Gasteiger charge is -2.41. The summed E-state index contributed by atoms with van der Waals surface area (Å²) >= 11 is 0. The van der Waals surface area contributed by atoms with Crippen molar-refractivity contribution in [3.05, 3.63) is 87.3 Å². The third-order valence-electron chi connectivity index (χ3n) is 5.44. The van der Waals surface area contributed by atoms with Gasteiger partial charge in [0, 0.05) is 6.54 Å². The summed E-state index contributed by atoms with van der Waals surface area (Å²) in [6, 6.07) is 10.6. The highest BCUT2D eigenvalue weighted by molar-refractivity contribution is 5.29. The molecule has 2 heterocycles. The van der Waals surface area contributed by atoms with E-state index < -0.39 is 48.3 Å². The average Bonchev–Trinajstić information content (AvgIpc) is 3.21. The number of alkyl halides is 3. The van der Waals surface area contributed by atoms with Crippen LogP contribution in [0.1, 0.15) is 34.7 Å². The van der Waals surface area contributed by atoms with Gasteiger partial charge in [-0.25, -0.2) is 14.3 Å². The number of halogens is 4. The van der Waals surface area contributed by atoms with Crippen LogP contribution in [0.3, 0.4) is 0 Å². The molecule has 4 rings (SSSR count). The van der Waals surface area contributed by atoms with Gasteiger partial charge in [-0.1, -0.05) is 30.3 Å². The summed E-state index contributed by atoms with van der Waals surface area (Å²) in [5.41, 5.74) is -1.03. The van der Waals surface area contributed by atoms with E-state index in [1.165, 1.54) is 0 Å². The number of morpholine rings is 1. The summed E-state index contributed by atoms with van der Waals surface area (Å²) in [7, 11) is 0. The Morgan fingerprint density at radius 2 is 2.00 bits per heavy atom. The van der Waals surface area contributed by atoms with E-state index in [1.54, 1.807) is 12.1 Å². The maximum absolute atomic E-state index is 14.0. The zero-order valence-corrected chi connectivity index (χ0v) is 17.8. The highest BCUT2D eigenvalue weighted by Gasteiger charge is 2.37. The number of nitrogens with one attached hydrogen (secondary N) is 2. The van der Waals surface area contributed by atoms with Crippen molar-refractivity contribution < 1.29 is 32.1 Å². The lowest BCUT2D eigenvalue weighted by molar-refractivity contribution is -0.238. The second kappa shape index (κ2) is 10.1. The predicted molar refractivity (Wildman–Crippen MR) is 111 cm³/mol. The Kier molecular flexibility index (Phi) is 7.12. The molecule has 1 fully saturated rings. The molecule has 0 unspecified atom stereocenters. The first-order valence-corrected chi connectivity index (χ1v) is 10.4. The minimum atomic E-state index is -4.76. The quantitative estimate of drug-likeness (QED) is 0.448. The molecule has 3 atom stereocenters. The van der Waals surface area contributed by atoms with Crippen molar-refractivity contribution in [3.63, 3.8) is 0 Å². The molecule has 0 amide bonds. The van der Waals surface area contributed by atoms with Crippen LogP contribution in [0.2, 0.25) is 0 Å². The number of aromatic nitrogens is 3. The van der Waals surface area contributed by atoms with Gasteiger partial charge in [0.15, 0.2) is 6.29 Å². The van der Waals surface area contributed by atoms with Crippen LogP contribution in [0.4, 0.5) is 17.6 Å². The molecule has 0 radical (unpaired) electrons. The average molecular weight is 482 g/mol. The van der Waals surface area contributed by atoms with Crippen molar-refractivity contribution in [3.8, 4) is 0 Å². The second-order valence-corrected chi connectivity index (χ2v) is 7.77. The molecule has 34 heavy (non-hydrogen) atoms. The molecule has 0 saturated carbocycles. The lowest BCUT2D eigenvalue weighted by atomic mass is 10.0. The number of ether oxygens (including phenoxy) is 2. The van der Waals surface area contributed by atoms with Crippen LogP contribution in [-0.2, 0) is 22.2 Å². The van der Waals surface area contributed by atoms with Crippen LogP contribution in [-0.4, -0.2) is 51.2 Å². The van der Waals surface area contributed by atoms with Gasteiger partial charge in [-0.2, -0.15) is 18.3 Å². The maximum atomic E-state index is 14.0. The standard InChI is InChI=1S/C22H22F4N4O4/c23-16-9-14(8-15(10-16)22(24,25)26)17(12-31)34-20-19(13-4-2-1-3-5-13)30(6-7-33-20)11-18-27-21(32)29-28-18/h1-5,8-10,17,19-20,31H,6-7,11-12H2,(H2,27,28,29,32)/t17-,19+,20-/m1/s1. The van der Waals surface area contributed by atoms with Gasteiger partial charge >= 0.3 is 11.9 Å². The molecule has 1 aromatic heterocycles. The van der Waals surface area contributed by atoms with Gasteiger partial charge in [0.2, 0.25) is 0 Å². The highest BCUT2D eigenvalue weighted by Crippen LogP contribution is 2.36.